The first-order valence-corrected chi connectivity index (χ1v) is 11.7. The number of carbonyl (C=O) groups excluding carboxylic acids is 3. The monoisotopic (exact) mass is 523 g/mol. The number of aryl methyl sites for hydroxylation is 1. The number of hydrogen-bond donors (Lipinski definition) is 5. The van der Waals surface area contributed by atoms with Gasteiger partial charge in [0.2, 0.25) is 17.7 Å². The molecule has 0 bridgehead atoms. The van der Waals surface area contributed by atoms with E-state index in [9.17, 15) is 27.6 Å². The van der Waals surface area contributed by atoms with E-state index in [4.69, 9.17) is 17.2 Å². The highest BCUT2D eigenvalue weighted by Crippen LogP contribution is 2.28. The van der Waals surface area contributed by atoms with Crippen LogP contribution in [0.2, 0.25) is 0 Å². The number of halogens is 3. The molecule has 0 aliphatic rings. The number of nitrogens with zero attached hydrogens (tertiary/aromatic N) is 2. The molecule has 10 nitrogen and oxygen atoms in total. The van der Waals surface area contributed by atoms with Crippen LogP contribution in [0.3, 0.4) is 0 Å². The molecule has 2 rings (SSSR count). The molecule has 1 aromatic carbocycles. The summed E-state index contributed by atoms with van der Waals surface area (Å²) in [7, 11) is 0. The number of anilines is 1. The van der Waals surface area contributed by atoms with Crippen molar-refractivity contribution in [2.24, 2.45) is 17.2 Å². The minimum absolute atomic E-state index is 0.115. The summed E-state index contributed by atoms with van der Waals surface area (Å²) in [6.07, 6.45) is -3.72. The second-order valence-electron chi connectivity index (χ2n) is 8.27. The van der Waals surface area contributed by atoms with Gasteiger partial charge in [-0.15, -0.1) is 0 Å². The zero-order valence-corrected chi connectivity index (χ0v) is 20.2. The van der Waals surface area contributed by atoms with Crippen LogP contribution in [0.1, 0.15) is 24.0 Å². The van der Waals surface area contributed by atoms with E-state index >= 15 is 0 Å². The van der Waals surface area contributed by atoms with Crippen LogP contribution in [0.25, 0.3) is 0 Å². The van der Waals surface area contributed by atoms with Crippen LogP contribution in [0.4, 0.5) is 19.0 Å². The second-order valence-corrected chi connectivity index (χ2v) is 8.27. The summed E-state index contributed by atoms with van der Waals surface area (Å²) in [5.74, 6) is -1.95. The van der Waals surface area contributed by atoms with Crippen LogP contribution in [0.15, 0.2) is 48.7 Å². The molecular formula is C24H32F3N7O3. The average molecular weight is 524 g/mol. The third-order valence-corrected chi connectivity index (χ3v) is 5.42. The third kappa shape index (κ3) is 9.79. The first kappa shape index (κ1) is 29.7. The molecule has 0 saturated heterocycles. The number of amides is 3. The highest BCUT2D eigenvalue weighted by Gasteiger charge is 2.31. The van der Waals surface area contributed by atoms with E-state index in [1.165, 1.54) is 4.90 Å². The average Bonchev–Trinajstić information content (AvgIpc) is 2.86. The summed E-state index contributed by atoms with van der Waals surface area (Å²) in [4.78, 5) is 43.3. The molecule has 0 unspecified atom stereocenters. The summed E-state index contributed by atoms with van der Waals surface area (Å²) in [5.41, 5.74) is 16.9. The Balaban J connectivity index is 2.10. The molecule has 0 spiro atoms. The quantitative estimate of drug-likeness (QED) is 0.256. The number of benzene rings is 1. The van der Waals surface area contributed by atoms with Crippen molar-refractivity contribution in [3.8, 4) is 0 Å². The lowest BCUT2D eigenvalue weighted by atomic mass is 10.0. The Morgan fingerprint density at radius 3 is 2.16 bits per heavy atom. The van der Waals surface area contributed by atoms with Gasteiger partial charge >= 0.3 is 6.18 Å². The van der Waals surface area contributed by atoms with Crippen molar-refractivity contribution in [3.63, 3.8) is 0 Å². The molecule has 3 amide bonds. The predicted molar refractivity (Wildman–Crippen MR) is 132 cm³/mol. The van der Waals surface area contributed by atoms with Gasteiger partial charge in [-0.2, -0.15) is 13.2 Å². The molecule has 0 fully saturated rings. The van der Waals surface area contributed by atoms with Gasteiger partial charge in [0.25, 0.3) is 0 Å². The zero-order valence-electron chi connectivity index (χ0n) is 20.2. The molecule has 0 aliphatic carbocycles. The summed E-state index contributed by atoms with van der Waals surface area (Å²) in [6.45, 7) is 0.943. The van der Waals surface area contributed by atoms with Crippen LogP contribution in [0, 0.1) is 0 Å². The maximum atomic E-state index is 12.9. The van der Waals surface area contributed by atoms with Crippen molar-refractivity contribution in [1.82, 2.24) is 15.2 Å². The molecule has 37 heavy (non-hydrogen) atoms. The zero-order chi connectivity index (χ0) is 27.4. The fourth-order valence-electron chi connectivity index (χ4n) is 3.43. The summed E-state index contributed by atoms with van der Waals surface area (Å²) in [6, 6.07) is 8.64. The second kappa shape index (κ2) is 14.3. The van der Waals surface area contributed by atoms with Crippen molar-refractivity contribution in [3.05, 3.63) is 59.8 Å². The number of pyridine rings is 1. The lowest BCUT2D eigenvalue weighted by Crippen LogP contribution is -2.52. The van der Waals surface area contributed by atoms with Crippen molar-refractivity contribution in [2.45, 2.75) is 37.5 Å². The molecule has 1 heterocycles. The van der Waals surface area contributed by atoms with E-state index in [2.05, 4.69) is 15.6 Å². The van der Waals surface area contributed by atoms with Crippen molar-refractivity contribution in [1.29, 1.82) is 0 Å². The Labute approximate surface area is 212 Å². The Kier molecular flexibility index (Phi) is 11.4. The molecule has 0 saturated carbocycles. The third-order valence-electron chi connectivity index (χ3n) is 5.42. The van der Waals surface area contributed by atoms with Gasteiger partial charge in [0, 0.05) is 32.4 Å². The number of carbonyl (C=O) groups is 3. The molecule has 1 aromatic heterocycles. The van der Waals surface area contributed by atoms with Crippen LogP contribution < -0.4 is 27.8 Å². The van der Waals surface area contributed by atoms with Gasteiger partial charge in [0.15, 0.2) is 0 Å². The molecule has 13 heteroatoms. The first-order valence-electron chi connectivity index (χ1n) is 11.7. The minimum atomic E-state index is -4.57. The molecule has 202 valence electrons. The normalized spacial score (nSPS) is 12.9. The standard InChI is InChI=1S/C24H32F3N7O3/c25-24(26,27)17-7-9-20(31-15-17)33-23(37)19(8-6-16-4-2-1-3-5-16)32-22(36)18(30)14-21(35)34(12-10-28)13-11-29/h1-5,7,9,15,18-19H,6,8,10-14,28-30H2,(H,32,36)(H,31,33,37)/t18-,19-/m0/s1. The van der Waals surface area contributed by atoms with Gasteiger partial charge in [-0.25, -0.2) is 4.98 Å². The lowest BCUT2D eigenvalue weighted by Gasteiger charge is -2.24. The van der Waals surface area contributed by atoms with E-state index in [1.807, 2.05) is 30.3 Å². The van der Waals surface area contributed by atoms with Gasteiger partial charge in [-0.3, -0.25) is 14.4 Å². The smallest absolute Gasteiger partial charge is 0.343 e. The number of nitrogens with one attached hydrogen (secondary N) is 2. The number of nitrogens with two attached hydrogens (primary N) is 3. The minimum Gasteiger partial charge on any atom is -0.343 e. The van der Waals surface area contributed by atoms with Gasteiger partial charge in [-0.05, 0) is 30.5 Å². The molecular weight excluding hydrogens is 491 g/mol. The maximum absolute atomic E-state index is 12.9. The number of alkyl halides is 3. The van der Waals surface area contributed by atoms with Crippen LogP contribution >= 0.6 is 0 Å². The van der Waals surface area contributed by atoms with Crippen molar-refractivity contribution < 1.29 is 27.6 Å². The fraction of sp³-hybridized carbons (Fsp3) is 0.417. The van der Waals surface area contributed by atoms with E-state index in [0.29, 0.717) is 12.6 Å². The number of rotatable bonds is 13. The SMILES string of the molecule is NCCN(CCN)C(=O)C[C@H](N)C(=O)N[C@@H](CCc1ccccc1)C(=O)Nc1ccc(C(F)(F)F)cn1. The molecule has 2 atom stereocenters. The van der Waals surface area contributed by atoms with Gasteiger partial charge in [0.1, 0.15) is 11.9 Å². The topological polar surface area (TPSA) is 169 Å². The van der Waals surface area contributed by atoms with E-state index in [1.54, 1.807) is 0 Å². The molecule has 0 radical (unpaired) electrons. The lowest BCUT2D eigenvalue weighted by molar-refractivity contribution is -0.137. The largest absolute Gasteiger partial charge is 0.417 e. The van der Waals surface area contributed by atoms with Crippen molar-refractivity contribution >= 4 is 23.5 Å². The fourth-order valence-corrected chi connectivity index (χ4v) is 3.43. The maximum Gasteiger partial charge on any atom is 0.417 e. The highest BCUT2D eigenvalue weighted by molar-refractivity contribution is 5.98. The molecule has 0 aliphatic heterocycles. The Morgan fingerprint density at radius 2 is 1.62 bits per heavy atom. The van der Waals surface area contributed by atoms with Crippen LogP contribution in [-0.2, 0) is 27.0 Å². The first-order chi connectivity index (χ1) is 17.5. The number of hydrogen-bond acceptors (Lipinski definition) is 7. The van der Waals surface area contributed by atoms with Crippen LogP contribution in [-0.4, -0.2) is 65.9 Å². The Bertz CT molecular complexity index is 1010. The van der Waals surface area contributed by atoms with E-state index in [-0.39, 0.29) is 44.8 Å². The van der Waals surface area contributed by atoms with Crippen molar-refractivity contribution in [2.75, 3.05) is 31.5 Å². The molecule has 2 aromatic rings. The predicted octanol–water partition coefficient (Wildman–Crippen LogP) is 0.620. The Morgan fingerprint density at radius 1 is 0.973 bits per heavy atom. The Hall–Kier alpha value is -3.55. The summed E-state index contributed by atoms with van der Waals surface area (Å²) < 4.78 is 38.4. The van der Waals surface area contributed by atoms with E-state index < -0.39 is 41.5 Å². The van der Waals surface area contributed by atoms with Gasteiger partial charge in [0.05, 0.1) is 18.0 Å². The highest BCUT2D eigenvalue weighted by atomic mass is 19.4. The van der Waals surface area contributed by atoms with Gasteiger partial charge < -0.3 is 32.7 Å². The number of aromatic nitrogens is 1. The van der Waals surface area contributed by atoms with E-state index in [0.717, 1.165) is 17.7 Å². The summed E-state index contributed by atoms with van der Waals surface area (Å²) in [5, 5.41) is 4.96. The summed E-state index contributed by atoms with van der Waals surface area (Å²) >= 11 is 0. The molecule has 8 N–H and O–H groups in total. The van der Waals surface area contributed by atoms with Crippen LogP contribution in [0.5, 0.6) is 0 Å². The van der Waals surface area contributed by atoms with Gasteiger partial charge in [-0.1, -0.05) is 30.3 Å².